The quantitative estimate of drug-likeness (QED) is 0.770. The summed E-state index contributed by atoms with van der Waals surface area (Å²) < 4.78 is 4.14. The van der Waals surface area contributed by atoms with Gasteiger partial charge in [-0.25, -0.2) is 4.98 Å². The molecule has 0 bridgehead atoms. The molecule has 3 heterocycles. The molecule has 0 spiro atoms. The highest BCUT2D eigenvalue weighted by molar-refractivity contribution is 5.83. The van der Waals surface area contributed by atoms with Crippen LogP contribution in [-0.2, 0) is 26.6 Å². The maximum atomic E-state index is 5.87. The number of aryl methyl sites for hydroxylation is 2. The van der Waals surface area contributed by atoms with E-state index in [1.165, 1.54) is 23.2 Å². The number of benzene rings is 1. The topological polar surface area (TPSA) is 61.7 Å². The van der Waals surface area contributed by atoms with E-state index in [-0.39, 0.29) is 0 Å². The second-order valence-electron chi connectivity index (χ2n) is 5.36. The van der Waals surface area contributed by atoms with Crippen molar-refractivity contribution < 1.29 is 0 Å². The van der Waals surface area contributed by atoms with E-state index in [1.54, 1.807) is 0 Å². The molecular weight excluding hydrogens is 250 g/mol. The minimum Gasteiger partial charge on any atom is -0.334 e. The highest BCUT2D eigenvalue weighted by Crippen LogP contribution is 2.33. The highest BCUT2D eigenvalue weighted by Gasteiger charge is 2.22. The third kappa shape index (κ3) is 1.53. The average molecular weight is 267 g/mol. The SMILES string of the molecule is Cn1cnc2cc(-c3c(CN)nn4c3CCC4)ccc21. The van der Waals surface area contributed by atoms with E-state index in [0.29, 0.717) is 6.54 Å². The molecule has 0 amide bonds. The predicted octanol–water partition coefficient (Wildman–Crippen LogP) is 1.84. The number of fused-ring (bicyclic) bond motifs is 2. The van der Waals surface area contributed by atoms with E-state index in [2.05, 4.69) is 33.0 Å². The normalized spacial score (nSPS) is 14.1. The van der Waals surface area contributed by atoms with Crippen LogP contribution in [0.4, 0.5) is 0 Å². The lowest BCUT2D eigenvalue weighted by Crippen LogP contribution is -2.01. The van der Waals surface area contributed by atoms with Gasteiger partial charge in [-0.1, -0.05) is 6.07 Å². The molecule has 2 aromatic heterocycles. The van der Waals surface area contributed by atoms with Crippen molar-refractivity contribution in [2.24, 2.45) is 12.8 Å². The molecule has 1 aliphatic heterocycles. The molecule has 1 aromatic carbocycles. The summed E-state index contributed by atoms with van der Waals surface area (Å²) in [7, 11) is 2.01. The third-order valence-electron chi connectivity index (χ3n) is 4.12. The molecule has 0 atom stereocenters. The van der Waals surface area contributed by atoms with Crippen LogP contribution < -0.4 is 5.73 Å². The number of rotatable bonds is 2. The predicted molar refractivity (Wildman–Crippen MR) is 78.1 cm³/mol. The van der Waals surface area contributed by atoms with Gasteiger partial charge >= 0.3 is 0 Å². The molecule has 5 nitrogen and oxygen atoms in total. The van der Waals surface area contributed by atoms with Gasteiger partial charge in [0.05, 0.1) is 23.1 Å². The average Bonchev–Trinajstić information content (AvgIpc) is 3.12. The number of hydrogen-bond donors (Lipinski definition) is 1. The Morgan fingerprint density at radius 2 is 2.25 bits per heavy atom. The standard InChI is InChI=1S/C15H17N5/c1-19-9-17-11-7-10(4-5-13(11)19)15-12(8-16)18-20-6-2-3-14(15)20/h4-5,7,9H,2-3,6,8,16H2,1H3. The Balaban J connectivity index is 1.94. The molecule has 5 heteroatoms. The molecule has 0 saturated heterocycles. The molecule has 0 aliphatic carbocycles. The first kappa shape index (κ1) is 11.7. The summed E-state index contributed by atoms with van der Waals surface area (Å²) in [4.78, 5) is 4.44. The van der Waals surface area contributed by atoms with Crippen LogP contribution in [0.2, 0.25) is 0 Å². The summed E-state index contributed by atoms with van der Waals surface area (Å²) in [6, 6.07) is 6.42. The van der Waals surface area contributed by atoms with Gasteiger partial charge in [-0.15, -0.1) is 0 Å². The van der Waals surface area contributed by atoms with Crippen LogP contribution in [0.15, 0.2) is 24.5 Å². The summed E-state index contributed by atoms with van der Waals surface area (Å²) in [5.74, 6) is 0. The molecule has 3 aromatic rings. The second-order valence-corrected chi connectivity index (χ2v) is 5.36. The fraction of sp³-hybridized carbons (Fsp3) is 0.333. The molecule has 0 unspecified atom stereocenters. The number of aromatic nitrogens is 4. The summed E-state index contributed by atoms with van der Waals surface area (Å²) in [6.07, 6.45) is 4.11. The first-order chi connectivity index (χ1) is 9.78. The highest BCUT2D eigenvalue weighted by atomic mass is 15.3. The van der Waals surface area contributed by atoms with Crippen molar-refractivity contribution in [2.75, 3.05) is 0 Å². The van der Waals surface area contributed by atoms with E-state index in [0.717, 1.165) is 29.7 Å². The zero-order valence-electron chi connectivity index (χ0n) is 11.5. The van der Waals surface area contributed by atoms with Crippen molar-refractivity contribution in [1.82, 2.24) is 19.3 Å². The molecule has 0 saturated carbocycles. The summed E-state index contributed by atoms with van der Waals surface area (Å²) in [6.45, 7) is 1.49. The van der Waals surface area contributed by atoms with Crippen LogP contribution in [0.25, 0.3) is 22.2 Å². The van der Waals surface area contributed by atoms with E-state index in [9.17, 15) is 0 Å². The zero-order valence-corrected chi connectivity index (χ0v) is 11.5. The van der Waals surface area contributed by atoms with Crippen LogP contribution in [0.3, 0.4) is 0 Å². The molecule has 0 radical (unpaired) electrons. The second kappa shape index (κ2) is 4.18. The van der Waals surface area contributed by atoms with Crippen LogP contribution in [-0.4, -0.2) is 19.3 Å². The lowest BCUT2D eigenvalue weighted by Gasteiger charge is -2.04. The van der Waals surface area contributed by atoms with Crippen LogP contribution in [0.1, 0.15) is 17.8 Å². The van der Waals surface area contributed by atoms with Gasteiger partial charge in [-0.2, -0.15) is 5.10 Å². The van der Waals surface area contributed by atoms with Gasteiger partial charge in [0.1, 0.15) is 0 Å². The number of hydrogen-bond acceptors (Lipinski definition) is 3. The first-order valence-electron chi connectivity index (χ1n) is 6.98. The minimum atomic E-state index is 0.482. The monoisotopic (exact) mass is 267 g/mol. The van der Waals surface area contributed by atoms with Gasteiger partial charge in [0.15, 0.2) is 0 Å². The maximum Gasteiger partial charge on any atom is 0.0955 e. The Morgan fingerprint density at radius 3 is 3.10 bits per heavy atom. The van der Waals surface area contributed by atoms with Gasteiger partial charge in [0, 0.05) is 31.4 Å². The molecule has 4 rings (SSSR count). The number of nitrogens with two attached hydrogens (primary N) is 1. The Hall–Kier alpha value is -2.14. The first-order valence-corrected chi connectivity index (χ1v) is 6.98. The van der Waals surface area contributed by atoms with E-state index < -0.39 is 0 Å². The smallest absolute Gasteiger partial charge is 0.0955 e. The number of nitrogens with zero attached hydrogens (tertiary/aromatic N) is 4. The van der Waals surface area contributed by atoms with Crippen molar-refractivity contribution >= 4 is 11.0 Å². The minimum absolute atomic E-state index is 0.482. The largest absolute Gasteiger partial charge is 0.334 e. The van der Waals surface area contributed by atoms with Crippen molar-refractivity contribution in [1.29, 1.82) is 0 Å². The molecule has 20 heavy (non-hydrogen) atoms. The number of imidazole rings is 1. The maximum absolute atomic E-state index is 5.87. The van der Waals surface area contributed by atoms with Crippen molar-refractivity contribution in [3.05, 3.63) is 35.9 Å². The Kier molecular flexibility index (Phi) is 2.44. The van der Waals surface area contributed by atoms with Gasteiger partial charge in [-0.3, -0.25) is 4.68 Å². The van der Waals surface area contributed by atoms with Gasteiger partial charge < -0.3 is 10.3 Å². The van der Waals surface area contributed by atoms with Crippen molar-refractivity contribution in [3.63, 3.8) is 0 Å². The van der Waals surface area contributed by atoms with Gasteiger partial charge in [0.2, 0.25) is 0 Å². The Bertz CT molecular complexity index is 796. The van der Waals surface area contributed by atoms with E-state index in [4.69, 9.17) is 5.73 Å². The molecule has 2 N–H and O–H groups in total. The lowest BCUT2D eigenvalue weighted by atomic mass is 10.0. The van der Waals surface area contributed by atoms with E-state index >= 15 is 0 Å². The summed E-state index contributed by atoms with van der Waals surface area (Å²) in [5.41, 5.74) is 12.8. The Labute approximate surface area is 117 Å². The summed E-state index contributed by atoms with van der Waals surface area (Å²) in [5, 5.41) is 4.64. The van der Waals surface area contributed by atoms with Gasteiger partial charge in [0.25, 0.3) is 0 Å². The lowest BCUT2D eigenvalue weighted by molar-refractivity contribution is 0.644. The Morgan fingerprint density at radius 1 is 1.35 bits per heavy atom. The summed E-state index contributed by atoms with van der Waals surface area (Å²) >= 11 is 0. The molecule has 102 valence electrons. The van der Waals surface area contributed by atoms with Crippen LogP contribution in [0.5, 0.6) is 0 Å². The molecule has 0 fully saturated rings. The molecule has 1 aliphatic rings. The van der Waals surface area contributed by atoms with Gasteiger partial charge in [-0.05, 0) is 30.5 Å². The fourth-order valence-electron chi connectivity index (χ4n) is 3.15. The fourth-order valence-corrected chi connectivity index (χ4v) is 3.15. The van der Waals surface area contributed by atoms with Crippen molar-refractivity contribution in [2.45, 2.75) is 25.9 Å². The van der Waals surface area contributed by atoms with Crippen molar-refractivity contribution in [3.8, 4) is 11.1 Å². The van der Waals surface area contributed by atoms with Crippen LogP contribution >= 0.6 is 0 Å². The van der Waals surface area contributed by atoms with E-state index in [1.807, 2.05) is 17.9 Å². The molecular formula is C15H17N5. The third-order valence-corrected chi connectivity index (χ3v) is 4.12. The van der Waals surface area contributed by atoms with Crippen LogP contribution in [0, 0.1) is 0 Å². The zero-order chi connectivity index (χ0) is 13.7.